The molecule has 0 spiro atoms. The summed E-state index contributed by atoms with van der Waals surface area (Å²) in [6.07, 6.45) is -2.00. The van der Waals surface area contributed by atoms with Crippen molar-refractivity contribution >= 4 is 29.5 Å². The summed E-state index contributed by atoms with van der Waals surface area (Å²) < 4.78 is 0. The van der Waals surface area contributed by atoms with Crippen LogP contribution in [0, 0.1) is 0 Å². The van der Waals surface area contributed by atoms with E-state index in [0.717, 1.165) is 5.39 Å². The Hall–Kier alpha value is -1.50. The molecule has 1 aromatic heterocycles. The van der Waals surface area contributed by atoms with Gasteiger partial charge in [0.2, 0.25) is 0 Å². The molecular formula is C12H13NO4S. The molecule has 0 amide bonds. The molecule has 5 nitrogen and oxygen atoms in total. The molecule has 6 heteroatoms. The first kappa shape index (κ1) is 12.9. The fraction of sp³-hybridized carbons (Fsp3) is 0.250. The van der Waals surface area contributed by atoms with E-state index in [0.29, 0.717) is 11.1 Å². The van der Waals surface area contributed by atoms with Crippen molar-refractivity contribution < 1.29 is 20.1 Å². The molecule has 0 aliphatic carbocycles. The molecule has 2 unspecified atom stereocenters. The smallest absolute Gasteiger partial charge is 0.352 e. The molecule has 1 aromatic carbocycles. The molecule has 1 heterocycles. The predicted molar refractivity (Wildman–Crippen MR) is 70.1 cm³/mol. The van der Waals surface area contributed by atoms with E-state index >= 15 is 0 Å². The number of fused-ring (bicyclic) bond motifs is 1. The number of carboxylic acids is 1. The van der Waals surface area contributed by atoms with Crippen LogP contribution in [0.25, 0.3) is 10.9 Å². The van der Waals surface area contributed by atoms with Crippen LogP contribution in [0.5, 0.6) is 0 Å². The van der Waals surface area contributed by atoms with Gasteiger partial charge in [0.25, 0.3) is 0 Å². The van der Waals surface area contributed by atoms with E-state index in [4.69, 9.17) is 5.11 Å². The average Bonchev–Trinajstić information content (AvgIpc) is 2.79. The summed E-state index contributed by atoms with van der Waals surface area (Å²) in [5, 5.41) is 28.9. The summed E-state index contributed by atoms with van der Waals surface area (Å²) in [7, 11) is 0. The number of rotatable bonds is 4. The van der Waals surface area contributed by atoms with Gasteiger partial charge in [0.1, 0.15) is 11.8 Å². The van der Waals surface area contributed by atoms with Crippen molar-refractivity contribution in [2.45, 2.75) is 12.2 Å². The van der Waals surface area contributed by atoms with E-state index < -0.39 is 18.2 Å². The Morgan fingerprint density at radius 1 is 1.33 bits per heavy atom. The quantitative estimate of drug-likeness (QED) is 0.538. The van der Waals surface area contributed by atoms with Gasteiger partial charge in [-0.25, -0.2) is 4.79 Å². The molecular weight excluding hydrogens is 254 g/mol. The minimum absolute atomic E-state index is 0.0892. The van der Waals surface area contributed by atoms with Gasteiger partial charge in [-0.2, -0.15) is 12.6 Å². The van der Waals surface area contributed by atoms with Gasteiger partial charge in [0, 0.05) is 16.7 Å². The highest BCUT2D eigenvalue weighted by Gasteiger charge is 2.17. The zero-order valence-corrected chi connectivity index (χ0v) is 10.3. The molecule has 0 saturated carbocycles. The van der Waals surface area contributed by atoms with Gasteiger partial charge in [-0.05, 0) is 17.7 Å². The number of aromatic amines is 1. The summed E-state index contributed by atoms with van der Waals surface area (Å²) in [6, 6.07) is 6.49. The third-order valence-corrected chi connectivity index (χ3v) is 3.14. The van der Waals surface area contributed by atoms with Crippen LogP contribution in [0.15, 0.2) is 24.3 Å². The highest BCUT2D eigenvalue weighted by molar-refractivity contribution is 7.80. The fourth-order valence-corrected chi connectivity index (χ4v) is 1.97. The van der Waals surface area contributed by atoms with Crippen molar-refractivity contribution in [3.63, 3.8) is 0 Å². The van der Waals surface area contributed by atoms with Crippen LogP contribution in [0.3, 0.4) is 0 Å². The predicted octanol–water partition coefficient (Wildman–Crippen LogP) is 1.19. The lowest BCUT2D eigenvalue weighted by molar-refractivity contribution is 0.0338. The van der Waals surface area contributed by atoms with Crippen molar-refractivity contribution in [1.29, 1.82) is 0 Å². The topological polar surface area (TPSA) is 93.6 Å². The van der Waals surface area contributed by atoms with Crippen LogP contribution in [-0.2, 0) is 0 Å². The van der Waals surface area contributed by atoms with E-state index in [1.165, 1.54) is 6.07 Å². The molecule has 4 N–H and O–H groups in total. The number of aromatic carboxylic acids is 1. The van der Waals surface area contributed by atoms with Crippen molar-refractivity contribution in [3.8, 4) is 0 Å². The molecule has 0 aliphatic rings. The highest BCUT2D eigenvalue weighted by atomic mass is 32.1. The van der Waals surface area contributed by atoms with Gasteiger partial charge in [-0.15, -0.1) is 0 Å². The Bertz CT molecular complexity index is 580. The first-order valence-corrected chi connectivity index (χ1v) is 5.99. The lowest BCUT2D eigenvalue weighted by atomic mass is 10.0. The van der Waals surface area contributed by atoms with Crippen LogP contribution in [0.1, 0.15) is 22.2 Å². The second-order valence-electron chi connectivity index (χ2n) is 4.03. The van der Waals surface area contributed by atoms with Crippen LogP contribution in [0.2, 0.25) is 0 Å². The molecule has 2 rings (SSSR count). The number of aliphatic hydroxyl groups is 2. The summed E-state index contributed by atoms with van der Waals surface area (Å²) in [5.41, 5.74) is 1.21. The summed E-state index contributed by atoms with van der Waals surface area (Å²) in [4.78, 5) is 13.5. The lowest BCUT2D eigenvalue weighted by Crippen LogP contribution is -2.19. The number of nitrogens with one attached hydrogen (secondary N) is 1. The van der Waals surface area contributed by atoms with Crippen LogP contribution in [0.4, 0.5) is 0 Å². The lowest BCUT2D eigenvalue weighted by Gasteiger charge is -2.15. The first-order chi connectivity index (χ1) is 8.52. The number of aliphatic hydroxyl groups excluding tert-OH is 2. The second kappa shape index (κ2) is 5.01. The minimum Gasteiger partial charge on any atom is -0.477 e. The average molecular weight is 267 g/mol. The van der Waals surface area contributed by atoms with Crippen LogP contribution in [-0.4, -0.2) is 38.1 Å². The standard InChI is InChI=1S/C12H13NO4S/c14-10(5-18)11(15)7-2-1-6-3-9(12(16)17)13-8(6)4-7/h1-4,10-11,13-15,18H,5H2,(H,16,17). The number of aromatic nitrogens is 1. The number of H-pyrrole nitrogens is 1. The molecule has 2 atom stereocenters. The molecule has 96 valence electrons. The third-order valence-electron chi connectivity index (χ3n) is 2.77. The van der Waals surface area contributed by atoms with Crippen LogP contribution >= 0.6 is 12.6 Å². The van der Waals surface area contributed by atoms with E-state index in [9.17, 15) is 15.0 Å². The van der Waals surface area contributed by atoms with Crippen LogP contribution < -0.4 is 0 Å². The van der Waals surface area contributed by atoms with Gasteiger partial charge in [-0.1, -0.05) is 12.1 Å². The Morgan fingerprint density at radius 3 is 2.67 bits per heavy atom. The highest BCUT2D eigenvalue weighted by Crippen LogP contribution is 2.23. The maximum atomic E-state index is 10.8. The van der Waals surface area contributed by atoms with Crippen molar-refractivity contribution in [2.75, 3.05) is 5.75 Å². The van der Waals surface area contributed by atoms with E-state index in [2.05, 4.69) is 17.6 Å². The molecule has 0 aliphatic heterocycles. The normalized spacial score (nSPS) is 14.6. The Labute approximate surface area is 108 Å². The largest absolute Gasteiger partial charge is 0.477 e. The third kappa shape index (κ3) is 2.35. The first-order valence-electron chi connectivity index (χ1n) is 5.36. The number of benzene rings is 1. The Balaban J connectivity index is 2.40. The monoisotopic (exact) mass is 267 g/mol. The van der Waals surface area contributed by atoms with Crippen molar-refractivity contribution in [1.82, 2.24) is 4.98 Å². The molecule has 0 radical (unpaired) electrons. The van der Waals surface area contributed by atoms with Crippen molar-refractivity contribution in [3.05, 3.63) is 35.5 Å². The number of thiol groups is 1. The Morgan fingerprint density at radius 2 is 2.06 bits per heavy atom. The molecule has 18 heavy (non-hydrogen) atoms. The summed E-state index contributed by atoms with van der Waals surface area (Å²) in [6.45, 7) is 0. The number of hydrogen-bond acceptors (Lipinski definition) is 4. The van der Waals surface area contributed by atoms with E-state index in [1.807, 2.05) is 0 Å². The van der Waals surface area contributed by atoms with Gasteiger partial charge >= 0.3 is 5.97 Å². The van der Waals surface area contributed by atoms with Gasteiger partial charge in [0.05, 0.1) is 6.10 Å². The summed E-state index contributed by atoms with van der Waals surface area (Å²) in [5.74, 6) is -0.895. The van der Waals surface area contributed by atoms with Gasteiger partial charge < -0.3 is 20.3 Å². The van der Waals surface area contributed by atoms with Gasteiger partial charge in [-0.3, -0.25) is 0 Å². The summed E-state index contributed by atoms with van der Waals surface area (Å²) >= 11 is 3.91. The fourth-order valence-electron chi connectivity index (χ4n) is 1.77. The second-order valence-corrected chi connectivity index (χ2v) is 4.39. The molecule has 2 aromatic rings. The molecule has 0 bridgehead atoms. The maximum absolute atomic E-state index is 10.8. The number of carboxylic acid groups (broad SMARTS) is 1. The van der Waals surface area contributed by atoms with E-state index in [1.54, 1.807) is 18.2 Å². The van der Waals surface area contributed by atoms with Gasteiger partial charge in [0.15, 0.2) is 0 Å². The van der Waals surface area contributed by atoms with Crippen molar-refractivity contribution in [2.24, 2.45) is 0 Å². The van der Waals surface area contributed by atoms with E-state index in [-0.39, 0.29) is 11.4 Å². The number of hydrogen-bond donors (Lipinski definition) is 5. The number of carbonyl (C=O) groups is 1. The SMILES string of the molecule is O=C(O)c1cc2ccc(C(O)C(O)CS)cc2[nH]1. The Kier molecular flexibility index (Phi) is 3.60. The molecule has 0 fully saturated rings. The maximum Gasteiger partial charge on any atom is 0.352 e. The molecule has 0 saturated heterocycles. The minimum atomic E-state index is -1.04. The zero-order chi connectivity index (χ0) is 13.3. The zero-order valence-electron chi connectivity index (χ0n) is 9.37.